The minimum atomic E-state index is -3.67. The van der Waals surface area contributed by atoms with Crippen molar-refractivity contribution in [3.8, 4) is 0 Å². The summed E-state index contributed by atoms with van der Waals surface area (Å²) in [6.07, 6.45) is -0.246. The van der Waals surface area contributed by atoms with Gasteiger partial charge in [-0.2, -0.15) is 0 Å². The van der Waals surface area contributed by atoms with Crippen molar-refractivity contribution in [3.63, 3.8) is 0 Å². The molecule has 0 aliphatic carbocycles. The first-order chi connectivity index (χ1) is 22.5. The van der Waals surface area contributed by atoms with Gasteiger partial charge in [0.2, 0.25) is 5.91 Å². The predicted molar refractivity (Wildman–Crippen MR) is 185 cm³/mol. The number of sulfone groups is 1. The van der Waals surface area contributed by atoms with Gasteiger partial charge in [0, 0.05) is 49.9 Å². The monoisotopic (exact) mass is 664 g/mol. The summed E-state index contributed by atoms with van der Waals surface area (Å²) >= 11 is 0. The predicted octanol–water partition coefficient (Wildman–Crippen LogP) is 2.95. The van der Waals surface area contributed by atoms with Gasteiger partial charge in [0.1, 0.15) is 11.4 Å². The summed E-state index contributed by atoms with van der Waals surface area (Å²) in [6, 6.07) is 24.4. The Hall–Kier alpha value is -3.97. The van der Waals surface area contributed by atoms with Crippen molar-refractivity contribution in [2.75, 3.05) is 46.1 Å². The number of anilines is 1. The van der Waals surface area contributed by atoms with E-state index < -0.39 is 33.3 Å². The molecule has 3 aromatic rings. The van der Waals surface area contributed by atoms with Gasteiger partial charge in [-0.1, -0.05) is 74.5 Å². The van der Waals surface area contributed by atoms with Crippen LogP contribution in [-0.4, -0.2) is 89.2 Å². The van der Waals surface area contributed by atoms with E-state index in [-0.39, 0.29) is 28.8 Å². The summed E-state index contributed by atoms with van der Waals surface area (Å²) in [4.78, 5) is 28.6. The van der Waals surface area contributed by atoms with E-state index in [1.54, 1.807) is 24.3 Å². The van der Waals surface area contributed by atoms with Gasteiger partial charge in [-0.05, 0) is 54.8 Å². The second-order valence-corrected chi connectivity index (χ2v) is 14.5. The third-order valence-corrected chi connectivity index (χ3v) is 10.6. The average Bonchev–Trinajstić information content (AvgIpc) is 3.53. The van der Waals surface area contributed by atoms with Crippen LogP contribution in [-0.2, 0) is 19.4 Å². The van der Waals surface area contributed by atoms with Gasteiger partial charge in [0.25, 0.3) is 0 Å². The minimum Gasteiger partial charge on any atom is -0.453 e. The molecule has 0 saturated carbocycles. The first-order valence-electron chi connectivity index (χ1n) is 16.0. The average molecular weight is 665 g/mol. The molecule has 0 aromatic heterocycles. The largest absolute Gasteiger partial charge is 0.453 e. The summed E-state index contributed by atoms with van der Waals surface area (Å²) in [5, 5.41) is 11.9. The van der Waals surface area contributed by atoms with E-state index >= 15 is 0 Å². The molecule has 4 rings (SSSR count). The van der Waals surface area contributed by atoms with Crippen LogP contribution in [0.2, 0.25) is 0 Å². The van der Waals surface area contributed by atoms with Gasteiger partial charge >= 0.3 is 6.09 Å². The lowest BCUT2D eigenvalue weighted by atomic mass is 9.84. The Kier molecular flexibility index (Phi) is 12.8. The van der Waals surface area contributed by atoms with Gasteiger partial charge in [-0.25, -0.2) is 13.2 Å². The summed E-state index contributed by atoms with van der Waals surface area (Å²) < 4.78 is 32.3. The zero-order valence-electron chi connectivity index (χ0n) is 27.6. The quantitative estimate of drug-likeness (QED) is 0.154. The Balaban J connectivity index is 1.45. The molecule has 1 saturated heterocycles. The highest BCUT2D eigenvalue weighted by Crippen LogP contribution is 2.29. The number of rotatable bonds is 15. The number of benzene rings is 3. The van der Waals surface area contributed by atoms with Crippen molar-refractivity contribution in [3.05, 3.63) is 96.1 Å². The Labute approximate surface area is 278 Å². The number of nitrogens with zero attached hydrogens (tertiary/aromatic N) is 1. The number of nitrogens with one attached hydrogen (secondary N) is 4. The summed E-state index contributed by atoms with van der Waals surface area (Å²) in [6.45, 7) is 6.10. The molecule has 2 amide bonds. The number of nitrogen functional groups attached to an aromatic ring is 1. The SMILES string of the molecule is COC(=O)N[C@H](C(=O)NCCN(C)[C@@H]1CNC[C@H]1NC(CC(C)C)S(=O)(=O)c1ccc(N)cc1)C(c1ccccc1)c1ccccc1. The highest BCUT2D eigenvalue weighted by molar-refractivity contribution is 7.92. The van der Waals surface area contributed by atoms with Crippen molar-refractivity contribution in [2.45, 2.75) is 54.6 Å². The van der Waals surface area contributed by atoms with Crippen LogP contribution in [0, 0.1) is 5.92 Å². The van der Waals surface area contributed by atoms with E-state index in [1.165, 1.54) is 7.11 Å². The maximum Gasteiger partial charge on any atom is 0.407 e. The normalized spacial score (nSPS) is 17.9. The van der Waals surface area contributed by atoms with Crippen LogP contribution in [0.25, 0.3) is 0 Å². The molecule has 6 N–H and O–H groups in total. The van der Waals surface area contributed by atoms with Gasteiger partial charge in [0.15, 0.2) is 9.84 Å². The van der Waals surface area contributed by atoms with Gasteiger partial charge in [0.05, 0.1) is 12.0 Å². The molecule has 1 aliphatic rings. The van der Waals surface area contributed by atoms with Crippen molar-refractivity contribution in [2.24, 2.45) is 5.92 Å². The molecule has 4 atom stereocenters. The number of hydrogen-bond acceptors (Lipinski definition) is 9. The molecule has 1 aliphatic heterocycles. The number of methoxy groups -OCH3 is 1. The molecule has 1 heterocycles. The van der Waals surface area contributed by atoms with Crippen molar-refractivity contribution >= 4 is 27.5 Å². The van der Waals surface area contributed by atoms with E-state index in [0.717, 1.165) is 11.1 Å². The van der Waals surface area contributed by atoms with Crippen LogP contribution in [0.4, 0.5) is 10.5 Å². The number of hydrogen-bond donors (Lipinski definition) is 5. The van der Waals surface area contributed by atoms with Crippen LogP contribution < -0.4 is 27.0 Å². The number of nitrogens with two attached hydrogens (primary N) is 1. The molecule has 0 radical (unpaired) electrons. The Bertz CT molecular complexity index is 1500. The third kappa shape index (κ3) is 9.54. The molecule has 0 spiro atoms. The number of carbonyl (C=O) groups is 2. The second kappa shape index (κ2) is 16.7. The minimum absolute atomic E-state index is 0.0199. The number of likely N-dealkylation sites (N-methyl/N-ethyl adjacent to an activating group) is 1. The zero-order chi connectivity index (χ0) is 34.0. The summed E-state index contributed by atoms with van der Waals surface area (Å²) in [5.74, 6) is -0.644. The molecule has 3 aromatic carbocycles. The molecule has 12 heteroatoms. The van der Waals surface area contributed by atoms with Crippen LogP contribution in [0.3, 0.4) is 0 Å². The fourth-order valence-electron chi connectivity index (χ4n) is 6.09. The van der Waals surface area contributed by atoms with E-state index in [1.807, 2.05) is 81.6 Å². The van der Waals surface area contributed by atoms with E-state index in [2.05, 4.69) is 26.2 Å². The number of ether oxygens (including phenoxy) is 1. The lowest BCUT2D eigenvalue weighted by molar-refractivity contribution is -0.123. The highest BCUT2D eigenvalue weighted by atomic mass is 32.2. The second-order valence-electron chi connectivity index (χ2n) is 12.4. The summed E-state index contributed by atoms with van der Waals surface area (Å²) in [5.41, 5.74) is 8.07. The van der Waals surface area contributed by atoms with Gasteiger partial charge < -0.3 is 26.4 Å². The molecule has 11 nitrogen and oxygen atoms in total. The van der Waals surface area contributed by atoms with Crippen LogP contribution >= 0.6 is 0 Å². The maximum atomic E-state index is 13.8. The lowest BCUT2D eigenvalue weighted by Gasteiger charge is -2.33. The Morgan fingerprint density at radius 1 is 0.957 bits per heavy atom. The third-order valence-electron chi connectivity index (χ3n) is 8.57. The molecular formula is C35H48N6O5S. The first kappa shape index (κ1) is 35.9. The first-order valence-corrected chi connectivity index (χ1v) is 17.5. The number of amides is 2. The van der Waals surface area contributed by atoms with Crippen molar-refractivity contribution in [1.82, 2.24) is 26.2 Å². The number of alkyl carbamates (subject to hydrolysis) is 1. The van der Waals surface area contributed by atoms with Crippen LogP contribution in [0.5, 0.6) is 0 Å². The molecule has 47 heavy (non-hydrogen) atoms. The molecule has 254 valence electrons. The van der Waals surface area contributed by atoms with E-state index in [9.17, 15) is 18.0 Å². The van der Waals surface area contributed by atoms with Crippen LogP contribution in [0.1, 0.15) is 37.3 Å². The molecular weight excluding hydrogens is 616 g/mol. The van der Waals surface area contributed by atoms with E-state index in [4.69, 9.17) is 10.5 Å². The van der Waals surface area contributed by atoms with Gasteiger partial charge in [-0.3, -0.25) is 15.0 Å². The molecule has 1 unspecified atom stereocenters. The molecule has 1 fully saturated rings. The fourth-order valence-corrected chi connectivity index (χ4v) is 7.92. The van der Waals surface area contributed by atoms with Crippen LogP contribution in [0.15, 0.2) is 89.8 Å². The topological polar surface area (TPSA) is 155 Å². The summed E-state index contributed by atoms with van der Waals surface area (Å²) in [7, 11) is -0.435. The lowest BCUT2D eigenvalue weighted by Crippen LogP contribution is -2.55. The number of carbonyl (C=O) groups excluding carboxylic acids is 2. The Morgan fingerprint density at radius 2 is 1.55 bits per heavy atom. The maximum absolute atomic E-state index is 13.8. The smallest absolute Gasteiger partial charge is 0.407 e. The van der Waals surface area contributed by atoms with Gasteiger partial charge in [-0.15, -0.1) is 0 Å². The van der Waals surface area contributed by atoms with Crippen molar-refractivity contribution < 1.29 is 22.7 Å². The Morgan fingerprint density at radius 3 is 2.11 bits per heavy atom. The van der Waals surface area contributed by atoms with Crippen molar-refractivity contribution in [1.29, 1.82) is 0 Å². The molecule has 0 bridgehead atoms. The zero-order valence-corrected chi connectivity index (χ0v) is 28.4. The fraction of sp³-hybridized carbons (Fsp3) is 0.429. The van der Waals surface area contributed by atoms with E-state index in [0.29, 0.717) is 38.3 Å². The highest BCUT2D eigenvalue weighted by Gasteiger charge is 2.37. The standard InChI is InChI=1S/C35H48N6O5S/c1-24(2)21-31(47(44,45)28-17-15-27(36)16-18-28)39-29-22-37-23-30(29)41(3)20-19-38-34(42)33(40-35(43)46-4)32(25-11-7-5-8-12-25)26-13-9-6-10-14-26/h5-18,24,29-33,37,39H,19-23,36H2,1-4H3,(H,38,42)(H,40,43)/t29-,30-,31?,33+/m1/s1.